The summed E-state index contributed by atoms with van der Waals surface area (Å²) in [6, 6.07) is 7.62. The van der Waals surface area contributed by atoms with E-state index in [1.807, 2.05) is 0 Å². The Balaban J connectivity index is 4.50. The highest BCUT2D eigenvalue weighted by molar-refractivity contribution is 6.86. The average Bonchev–Trinajstić information content (AvgIpc) is 2.48. The Kier molecular flexibility index (Phi) is 16.6. The highest BCUT2D eigenvalue weighted by atomic mass is 28.2. The largest absolute Gasteiger partial charge is 0.353 e. The van der Waals surface area contributed by atoms with Crippen molar-refractivity contribution in [2.75, 3.05) is 0 Å². The van der Waals surface area contributed by atoms with E-state index in [0.29, 0.717) is 29.0 Å². The summed E-state index contributed by atoms with van der Waals surface area (Å²) < 4.78 is 0. The second-order valence-corrected chi connectivity index (χ2v) is 13.8. The molecule has 0 aliphatic carbocycles. The minimum absolute atomic E-state index is 0.625. The minimum atomic E-state index is 0.625. The molecular formula is C12H30BN3Si6. The summed E-state index contributed by atoms with van der Waals surface area (Å²) in [6.07, 6.45) is 0. The minimum Gasteiger partial charge on any atom is -0.353 e. The average molecular weight is 396 g/mol. The van der Waals surface area contributed by atoms with E-state index in [2.05, 4.69) is 20.8 Å². The maximum atomic E-state index is 5.69. The van der Waals surface area contributed by atoms with Crippen molar-refractivity contribution in [1.29, 1.82) is 0 Å². The van der Waals surface area contributed by atoms with Crippen LogP contribution in [0.2, 0.25) is 52.6 Å². The number of nitrogens with two attached hydrogens (primary N) is 3. The van der Waals surface area contributed by atoms with Gasteiger partial charge in [0, 0.05) is 28.6 Å². The SMILES string of the molecule is CC([Si]CC[Si]N)B(C(C)[Si]CC[Si]N)C(C)[Si]CC[Si]N. The highest BCUT2D eigenvalue weighted by Crippen LogP contribution is 2.31. The van der Waals surface area contributed by atoms with Crippen LogP contribution in [0.25, 0.3) is 0 Å². The van der Waals surface area contributed by atoms with E-state index < -0.39 is 0 Å². The van der Waals surface area contributed by atoms with Gasteiger partial charge < -0.3 is 16.2 Å². The quantitative estimate of drug-likeness (QED) is 0.284. The molecule has 0 aliphatic rings. The lowest BCUT2D eigenvalue weighted by Gasteiger charge is -2.31. The van der Waals surface area contributed by atoms with Crippen LogP contribution in [0.3, 0.4) is 0 Å². The highest BCUT2D eigenvalue weighted by Gasteiger charge is 2.32. The van der Waals surface area contributed by atoms with E-state index in [4.69, 9.17) is 16.2 Å². The summed E-state index contributed by atoms with van der Waals surface area (Å²) in [4.78, 5) is 0. The van der Waals surface area contributed by atoms with Gasteiger partial charge in [-0.2, -0.15) is 0 Å². The van der Waals surface area contributed by atoms with Crippen molar-refractivity contribution in [3.8, 4) is 0 Å². The molecule has 0 bridgehead atoms. The van der Waals surface area contributed by atoms with Crippen molar-refractivity contribution in [3.05, 3.63) is 0 Å². The zero-order valence-corrected chi connectivity index (χ0v) is 20.3. The van der Waals surface area contributed by atoms with Gasteiger partial charge in [0.05, 0.1) is 0 Å². The normalized spacial score (nSPS) is 15.5. The van der Waals surface area contributed by atoms with E-state index in [1.54, 1.807) is 0 Å². The van der Waals surface area contributed by atoms with Crippen molar-refractivity contribution in [2.45, 2.75) is 73.4 Å². The molecular weight excluding hydrogens is 365 g/mol. The Morgan fingerprint density at radius 1 is 0.591 bits per heavy atom. The van der Waals surface area contributed by atoms with Gasteiger partial charge in [-0.1, -0.05) is 55.2 Å². The molecule has 0 rings (SSSR count). The third-order valence-electron chi connectivity index (χ3n) is 3.94. The molecule has 0 aromatic rings. The first-order chi connectivity index (χ1) is 10.6. The zero-order valence-electron chi connectivity index (χ0n) is 14.3. The van der Waals surface area contributed by atoms with Crippen LogP contribution < -0.4 is 16.2 Å². The summed E-state index contributed by atoms with van der Waals surface area (Å²) in [6.45, 7) is 8.33. The standard InChI is InChI=1S/C12H30BN3Si6/c1-10(17-4-7-20-14)13(11(2)18-5-8-21-15)12(3)19-6-9-22-16/h10-12H,4-9,14-16H2,1-3H3. The van der Waals surface area contributed by atoms with Crippen LogP contribution in [0.1, 0.15) is 20.8 Å². The molecule has 12 radical (unpaired) electrons. The van der Waals surface area contributed by atoms with E-state index in [-0.39, 0.29) is 0 Å². The molecule has 10 heteroatoms. The fraction of sp³-hybridized carbons (Fsp3) is 1.00. The second-order valence-electron chi connectivity index (χ2n) is 5.67. The summed E-state index contributed by atoms with van der Waals surface area (Å²) in [5.41, 5.74) is 2.55. The van der Waals surface area contributed by atoms with E-state index in [1.165, 1.54) is 36.3 Å². The molecule has 0 saturated carbocycles. The maximum absolute atomic E-state index is 5.69. The molecule has 0 saturated heterocycles. The summed E-state index contributed by atoms with van der Waals surface area (Å²) in [7, 11) is 5.11. The van der Waals surface area contributed by atoms with Gasteiger partial charge in [0.2, 0.25) is 0 Å². The molecule has 120 valence electrons. The van der Waals surface area contributed by atoms with Gasteiger partial charge in [-0.05, 0) is 18.1 Å². The van der Waals surface area contributed by atoms with Gasteiger partial charge in [-0.15, -0.1) is 0 Å². The molecule has 0 heterocycles. The molecule has 3 atom stereocenters. The van der Waals surface area contributed by atoms with Crippen molar-refractivity contribution >= 4 is 64.3 Å². The second kappa shape index (κ2) is 15.8. The predicted octanol–water partition coefficient (Wildman–Crippen LogP) is 0.880. The van der Waals surface area contributed by atoms with Crippen LogP contribution in [-0.2, 0) is 0 Å². The Morgan fingerprint density at radius 3 is 1.09 bits per heavy atom. The Hall–Kier alpha value is 1.25. The molecule has 0 amide bonds. The van der Waals surface area contributed by atoms with Gasteiger partial charge in [-0.25, -0.2) is 0 Å². The smallest absolute Gasteiger partial charge is 0.139 e. The third-order valence-corrected chi connectivity index (χ3v) is 11.8. The van der Waals surface area contributed by atoms with Crippen LogP contribution >= 0.6 is 0 Å². The van der Waals surface area contributed by atoms with Crippen LogP contribution in [0, 0.1) is 0 Å². The van der Waals surface area contributed by atoms with E-state index in [0.717, 1.165) is 51.6 Å². The predicted molar refractivity (Wildman–Crippen MR) is 110 cm³/mol. The van der Waals surface area contributed by atoms with Crippen LogP contribution in [0.5, 0.6) is 0 Å². The molecule has 6 N–H and O–H groups in total. The number of rotatable bonds is 15. The molecule has 0 fully saturated rings. The fourth-order valence-corrected chi connectivity index (χ4v) is 10.8. The molecule has 3 unspecified atom stereocenters. The monoisotopic (exact) mass is 395 g/mol. The van der Waals surface area contributed by atoms with Gasteiger partial charge >= 0.3 is 0 Å². The van der Waals surface area contributed by atoms with Crippen molar-refractivity contribution in [3.63, 3.8) is 0 Å². The summed E-state index contributed by atoms with van der Waals surface area (Å²) >= 11 is 0. The first-order valence-corrected chi connectivity index (χ1v) is 15.8. The Labute approximate surface area is 153 Å². The van der Waals surface area contributed by atoms with Crippen molar-refractivity contribution in [1.82, 2.24) is 0 Å². The van der Waals surface area contributed by atoms with Gasteiger partial charge in [0.25, 0.3) is 0 Å². The Morgan fingerprint density at radius 2 is 0.864 bits per heavy atom. The Bertz CT molecular complexity index is 217. The van der Waals surface area contributed by atoms with Crippen LogP contribution in [0.4, 0.5) is 0 Å². The maximum Gasteiger partial charge on any atom is 0.139 e. The summed E-state index contributed by atoms with van der Waals surface area (Å²) in [5.74, 6) is 0. The number of hydrogen-bond donors (Lipinski definition) is 3. The van der Waals surface area contributed by atoms with Gasteiger partial charge in [0.15, 0.2) is 0 Å². The molecule has 0 aromatic carbocycles. The lowest BCUT2D eigenvalue weighted by Crippen LogP contribution is -2.36. The van der Waals surface area contributed by atoms with Gasteiger partial charge in [-0.3, -0.25) is 0 Å². The van der Waals surface area contributed by atoms with E-state index in [9.17, 15) is 0 Å². The topological polar surface area (TPSA) is 78.1 Å². The lowest BCUT2D eigenvalue weighted by molar-refractivity contribution is 1.07. The first-order valence-electron chi connectivity index (χ1n) is 8.09. The fourth-order valence-electron chi connectivity index (χ4n) is 2.82. The van der Waals surface area contributed by atoms with Crippen molar-refractivity contribution < 1.29 is 0 Å². The molecule has 3 nitrogen and oxygen atoms in total. The van der Waals surface area contributed by atoms with E-state index >= 15 is 0 Å². The molecule has 22 heavy (non-hydrogen) atoms. The number of hydrogen-bond acceptors (Lipinski definition) is 3. The lowest BCUT2D eigenvalue weighted by atomic mass is 9.42. The van der Waals surface area contributed by atoms with Crippen molar-refractivity contribution in [2.24, 2.45) is 16.2 Å². The summed E-state index contributed by atoms with van der Waals surface area (Å²) in [5, 5.41) is 17.1. The van der Waals surface area contributed by atoms with Crippen LogP contribution in [-0.4, -0.2) is 64.3 Å². The third kappa shape index (κ3) is 10.9. The molecule has 0 spiro atoms. The molecule has 0 aromatic heterocycles. The zero-order chi connectivity index (χ0) is 16.8. The molecule has 0 aliphatic heterocycles. The van der Waals surface area contributed by atoms with Crippen LogP contribution in [0.15, 0.2) is 0 Å². The first kappa shape index (κ1) is 23.2. The van der Waals surface area contributed by atoms with Gasteiger partial charge in [0.1, 0.15) is 35.8 Å².